The molecule has 1 aromatic rings. The van der Waals surface area contributed by atoms with Crippen LogP contribution in [0.2, 0.25) is 0 Å². The molecule has 2 N–H and O–H groups in total. The van der Waals surface area contributed by atoms with Crippen molar-refractivity contribution in [1.82, 2.24) is 0 Å². The molecule has 0 amide bonds. The molecule has 0 bridgehead atoms. The van der Waals surface area contributed by atoms with Crippen molar-refractivity contribution in [1.29, 1.82) is 0 Å². The monoisotopic (exact) mass is 249 g/mol. The van der Waals surface area contributed by atoms with Gasteiger partial charge in [0.1, 0.15) is 0 Å². The van der Waals surface area contributed by atoms with Gasteiger partial charge in [0.25, 0.3) is 0 Å². The van der Waals surface area contributed by atoms with E-state index in [1.54, 1.807) is 30.4 Å². The Balaban J connectivity index is 2.78. The van der Waals surface area contributed by atoms with Crippen LogP contribution >= 0.6 is 0 Å². The Hall–Kier alpha value is -2.30. The number of esters is 2. The van der Waals surface area contributed by atoms with E-state index in [9.17, 15) is 9.59 Å². The molecule has 0 aliphatic carbocycles. The molecule has 1 aromatic carbocycles. The van der Waals surface area contributed by atoms with Crippen molar-refractivity contribution < 1.29 is 19.1 Å². The highest BCUT2D eigenvalue weighted by molar-refractivity contribution is 5.95. The van der Waals surface area contributed by atoms with Crippen LogP contribution in [-0.4, -0.2) is 26.2 Å². The number of anilines is 1. The zero-order valence-corrected chi connectivity index (χ0v) is 10.3. The van der Waals surface area contributed by atoms with E-state index in [4.69, 9.17) is 5.73 Å². The molecule has 18 heavy (non-hydrogen) atoms. The van der Waals surface area contributed by atoms with E-state index in [2.05, 4.69) is 9.47 Å². The molecular weight excluding hydrogens is 234 g/mol. The lowest BCUT2D eigenvalue weighted by Crippen LogP contribution is -2.05. The maximum atomic E-state index is 11.3. The minimum absolute atomic E-state index is 0.190. The number of hydrogen-bond donors (Lipinski definition) is 1. The van der Waals surface area contributed by atoms with Crippen LogP contribution in [0.3, 0.4) is 0 Å². The van der Waals surface area contributed by atoms with Crippen molar-refractivity contribution in [2.24, 2.45) is 0 Å². The molecule has 0 aliphatic heterocycles. The van der Waals surface area contributed by atoms with Crippen molar-refractivity contribution in [3.63, 3.8) is 0 Å². The highest BCUT2D eigenvalue weighted by atomic mass is 16.5. The van der Waals surface area contributed by atoms with E-state index in [0.717, 1.165) is 5.56 Å². The molecule has 0 unspecified atom stereocenters. The number of carbonyl (C=O) groups excluding carboxylic acids is 2. The molecule has 0 aromatic heterocycles. The van der Waals surface area contributed by atoms with Gasteiger partial charge in [-0.3, -0.25) is 4.79 Å². The second kappa shape index (κ2) is 6.44. The first-order valence-electron chi connectivity index (χ1n) is 5.29. The lowest BCUT2D eigenvalue weighted by molar-refractivity contribution is -0.139. The fraction of sp³-hybridized carbons (Fsp3) is 0.231. The Bertz CT molecular complexity index is 480. The van der Waals surface area contributed by atoms with E-state index in [1.807, 2.05) is 0 Å². The number of nitrogens with two attached hydrogens (primary N) is 1. The van der Waals surface area contributed by atoms with Gasteiger partial charge < -0.3 is 15.2 Å². The van der Waals surface area contributed by atoms with E-state index in [1.165, 1.54) is 14.2 Å². The van der Waals surface area contributed by atoms with Gasteiger partial charge in [-0.1, -0.05) is 18.2 Å². The summed E-state index contributed by atoms with van der Waals surface area (Å²) in [5, 5.41) is 0. The van der Waals surface area contributed by atoms with Gasteiger partial charge in [0.2, 0.25) is 0 Å². The predicted octanol–water partition coefficient (Wildman–Crippen LogP) is 1.63. The van der Waals surface area contributed by atoms with E-state index in [-0.39, 0.29) is 12.4 Å². The maximum absolute atomic E-state index is 11.3. The van der Waals surface area contributed by atoms with Gasteiger partial charge in [0.05, 0.1) is 26.2 Å². The normalized spacial score (nSPS) is 10.3. The van der Waals surface area contributed by atoms with Gasteiger partial charge >= 0.3 is 11.9 Å². The lowest BCUT2D eigenvalue weighted by Gasteiger charge is -2.04. The zero-order valence-electron chi connectivity index (χ0n) is 10.3. The summed E-state index contributed by atoms with van der Waals surface area (Å²) in [4.78, 5) is 22.2. The number of benzene rings is 1. The van der Waals surface area contributed by atoms with E-state index >= 15 is 0 Å². The first kappa shape index (κ1) is 13.8. The molecule has 96 valence electrons. The van der Waals surface area contributed by atoms with Crippen LogP contribution in [0.15, 0.2) is 24.3 Å². The highest BCUT2D eigenvalue weighted by Gasteiger charge is 2.09. The number of nitrogen functional groups attached to an aromatic ring is 1. The molecule has 1 rings (SSSR count). The van der Waals surface area contributed by atoms with E-state index < -0.39 is 5.97 Å². The molecule has 0 heterocycles. The van der Waals surface area contributed by atoms with Crippen LogP contribution in [-0.2, 0) is 14.3 Å². The quantitative estimate of drug-likeness (QED) is 0.648. The average Bonchev–Trinajstić information content (AvgIpc) is 2.37. The predicted molar refractivity (Wildman–Crippen MR) is 67.9 cm³/mol. The molecule has 0 radical (unpaired) electrons. The fourth-order valence-electron chi connectivity index (χ4n) is 1.36. The third kappa shape index (κ3) is 3.62. The number of hydrogen-bond acceptors (Lipinski definition) is 5. The summed E-state index contributed by atoms with van der Waals surface area (Å²) in [7, 11) is 2.63. The van der Waals surface area contributed by atoms with Crippen molar-refractivity contribution in [3.8, 4) is 0 Å². The number of ether oxygens (including phenoxy) is 2. The minimum Gasteiger partial charge on any atom is -0.469 e. The largest absolute Gasteiger partial charge is 0.469 e. The van der Waals surface area contributed by atoms with Gasteiger partial charge in [-0.25, -0.2) is 4.79 Å². The second-order valence-electron chi connectivity index (χ2n) is 3.52. The SMILES string of the molecule is COC(=O)CC=Cc1ccc(C(=O)OC)c(N)c1. The molecule has 0 saturated heterocycles. The average molecular weight is 249 g/mol. The minimum atomic E-state index is -0.474. The van der Waals surface area contributed by atoms with Gasteiger partial charge in [0, 0.05) is 5.69 Å². The molecule has 0 aliphatic rings. The Kier molecular flexibility index (Phi) is 4.92. The summed E-state index contributed by atoms with van der Waals surface area (Å²) in [5.74, 6) is -0.789. The first-order valence-corrected chi connectivity index (χ1v) is 5.29. The lowest BCUT2D eigenvalue weighted by atomic mass is 10.1. The Labute approximate surface area is 105 Å². The first-order chi connectivity index (χ1) is 8.58. The van der Waals surface area contributed by atoms with Gasteiger partial charge in [-0.05, 0) is 17.7 Å². The van der Waals surface area contributed by atoms with E-state index in [0.29, 0.717) is 11.3 Å². The standard InChI is InChI=1S/C13H15NO4/c1-17-12(15)5-3-4-9-6-7-10(11(14)8-9)13(16)18-2/h3-4,6-8H,5,14H2,1-2H3. The fourth-order valence-corrected chi connectivity index (χ4v) is 1.36. The Morgan fingerprint density at radius 2 is 2.00 bits per heavy atom. The molecule has 0 spiro atoms. The van der Waals surface area contributed by atoms with Crippen LogP contribution in [0, 0.1) is 0 Å². The summed E-state index contributed by atoms with van der Waals surface area (Å²) in [5.41, 5.74) is 7.18. The molecule has 0 fully saturated rings. The van der Waals surface area contributed by atoms with Crippen LogP contribution in [0.25, 0.3) is 6.08 Å². The molecular formula is C13H15NO4. The second-order valence-corrected chi connectivity index (χ2v) is 3.52. The number of carbonyl (C=O) groups is 2. The topological polar surface area (TPSA) is 78.6 Å². The third-order valence-corrected chi connectivity index (χ3v) is 2.30. The maximum Gasteiger partial charge on any atom is 0.339 e. The summed E-state index contributed by atoms with van der Waals surface area (Å²) in [6, 6.07) is 4.94. The van der Waals surface area contributed by atoms with Crippen LogP contribution in [0.1, 0.15) is 22.3 Å². The van der Waals surface area contributed by atoms with Crippen molar-refractivity contribution in [3.05, 3.63) is 35.4 Å². The van der Waals surface area contributed by atoms with Crippen molar-refractivity contribution >= 4 is 23.7 Å². The van der Waals surface area contributed by atoms with Crippen LogP contribution in [0.5, 0.6) is 0 Å². The van der Waals surface area contributed by atoms with Crippen molar-refractivity contribution in [2.45, 2.75) is 6.42 Å². The summed E-state index contributed by atoms with van der Waals surface area (Å²) in [6.07, 6.45) is 3.59. The number of methoxy groups -OCH3 is 2. The Morgan fingerprint density at radius 1 is 1.28 bits per heavy atom. The smallest absolute Gasteiger partial charge is 0.339 e. The summed E-state index contributed by atoms with van der Waals surface area (Å²) in [6.45, 7) is 0. The van der Waals surface area contributed by atoms with Crippen molar-refractivity contribution in [2.75, 3.05) is 20.0 Å². The molecule has 5 heteroatoms. The van der Waals surface area contributed by atoms with Crippen LogP contribution < -0.4 is 5.73 Å². The molecule has 5 nitrogen and oxygen atoms in total. The van der Waals surface area contributed by atoms with Gasteiger partial charge in [-0.15, -0.1) is 0 Å². The van der Waals surface area contributed by atoms with Gasteiger partial charge in [-0.2, -0.15) is 0 Å². The molecule has 0 atom stereocenters. The molecule has 0 saturated carbocycles. The number of rotatable bonds is 4. The van der Waals surface area contributed by atoms with Crippen LogP contribution in [0.4, 0.5) is 5.69 Å². The Morgan fingerprint density at radius 3 is 2.56 bits per heavy atom. The summed E-state index contributed by atoms with van der Waals surface area (Å²) < 4.78 is 9.09. The highest BCUT2D eigenvalue weighted by Crippen LogP contribution is 2.16. The summed E-state index contributed by atoms with van der Waals surface area (Å²) >= 11 is 0. The zero-order chi connectivity index (χ0) is 13.5. The van der Waals surface area contributed by atoms with Gasteiger partial charge in [0.15, 0.2) is 0 Å². The third-order valence-electron chi connectivity index (χ3n) is 2.30.